The van der Waals surface area contributed by atoms with E-state index < -0.39 is 9.28 Å². The van der Waals surface area contributed by atoms with Gasteiger partial charge < -0.3 is 8.85 Å². The molecule has 1 rings (SSSR count). The van der Waals surface area contributed by atoms with Gasteiger partial charge in [-0.15, -0.1) is 0 Å². The summed E-state index contributed by atoms with van der Waals surface area (Å²) < 4.78 is 12.2. The largest absolute Gasteiger partial charge is 0.396 e. The van der Waals surface area contributed by atoms with Crippen molar-refractivity contribution >= 4 is 20.9 Å². The van der Waals surface area contributed by atoms with Gasteiger partial charge in [0.1, 0.15) is 0 Å². The minimum atomic E-state index is -1.71. The van der Waals surface area contributed by atoms with E-state index in [0.717, 1.165) is 43.9 Å². The summed E-state index contributed by atoms with van der Waals surface area (Å²) in [5.41, 5.74) is 1.65. The van der Waals surface area contributed by atoms with Crippen molar-refractivity contribution in [3.8, 4) is 0 Å². The van der Waals surface area contributed by atoms with Crippen LogP contribution >= 0.6 is 11.6 Å². The summed E-state index contributed by atoms with van der Waals surface area (Å²) in [6, 6.07) is 8.15. The van der Waals surface area contributed by atoms with Gasteiger partial charge in [-0.2, -0.15) is 0 Å². The molecule has 114 valence electrons. The van der Waals surface area contributed by atoms with E-state index >= 15 is 0 Å². The molecule has 2 nitrogen and oxygen atoms in total. The van der Waals surface area contributed by atoms with Crippen molar-refractivity contribution in [2.75, 3.05) is 13.2 Å². The van der Waals surface area contributed by atoms with E-state index in [9.17, 15) is 0 Å². The summed E-state index contributed by atoms with van der Waals surface area (Å²) in [6.45, 7) is 8.07. The van der Waals surface area contributed by atoms with Gasteiger partial charge in [0.25, 0.3) is 0 Å². The third-order valence-electron chi connectivity index (χ3n) is 3.18. The van der Waals surface area contributed by atoms with Crippen LogP contribution in [0, 0.1) is 0 Å². The maximum absolute atomic E-state index is 6.14. The molecule has 4 heteroatoms. The van der Waals surface area contributed by atoms with E-state index in [4.69, 9.17) is 20.5 Å². The van der Waals surface area contributed by atoms with Crippen LogP contribution < -0.4 is 0 Å². The van der Waals surface area contributed by atoms with Crippen molar-refractivity contribution in [1.29, 1.82) is 0 Å². The van der Waals surface area contributed by atoms with Crippen molar-refractivity contribution in [3.63, 3.8) is 0 Å². The summed E-state index contributed by atoms with van der Waals surface area (Å²) in [7, 11) is -1.71. The molecule has 20 heavy (non-hydrogen) atoms. The van der Waals surface area contributed by atoms with Gasteiger partial charge in [-0.3, -0.25) is 0 Å². The van der Waals surface area contributed by atoms with Gasteiger partial charge >= 0.3 is 9.28 Å². The molecule has 0 aliphatic rings. The van der Waals surface area contributed by atoms with Gasteiger partial charge in [0, 0.05) is 23.8 Å². The summed E-state index contributed by atoms with van der Waals surface area (Å²) in [4.78, 5) is 0. The van der Waals surface area contributed by atoms with E-state index in [1.54, 1.807) is 0 Å². The molecule has 0 fully saturated rings. The quantitative estimate of drug-likeness (QED) is 0.575. The average molecular weight is 315 g/mol. The van der Waals surface area contributed by atoms with E-state index in [2.05, 4.69) is 32.9 Å². The van der Waals surface area contributed by atoms with Crippen LogP contribution in [0.2, 0.25) is 5.02 Å². The normalized spacial score (nSPS) is 12.8. The Morgan fingerprint density at radius 1 is 1.05 bits per heavy atom. The molecule has 0 aromatic heterocycles. The molecule has 0 N–H and O–H groups in total. The second-order valence-electron chi connectivity index (χ2n) is 5.06. The van der Waals surface area contributed by atoms with Gasteiger partial charge in [0.05, 0.1) is 0 Å². The van der Waals surface area contributed by atoms with Crippen LogP contribution in [0.5, 0.6) is 0 Å². The molecule has 0 aliphatic heterocycles. The number of halogens is 1. The lowest BCUT2D eigenvalue weighted by Crippen LogP contribution is -2.32. The Morgan fingerprint density at radius 3 is 2.20 bits per heavy atom. The van der Waals surface area contributed by atoms with Gasteiger partial charge in [0.2, 0.25) is 0 Å². The number of rotatable bonds is 10. The smallest absolute Gasteiger partial charge is 0.329 e. The Hall–Kier alpha value is -0.353. The molecule has 1 aromatic rings. The van der Waals surface area contributed by atoms with Crippen LogP contribution in [0.25, 0.3) is 0 Å². The standard InChI is InChI=1S/C16H27ClO2Si/c1-4-8-16(14-9-7-10-15(17)13-14)20(18-11-5-2)19-12-6-3/h7,9-10,13,16,20H,4-6,8,11-12H2,1-3H3. The van der Waals surface area contributed by atoms with Crippen molar-refractivity contribution in [3.05, 3.63) is 34.9 Å². The van der Waals surface area contributed by atoms with Crippen molar-refractivity contribution in [2.24, 2.45) is 0 Å². The highest BCUT2D eigenvalue weighted by atomic mass is 35.5. The fraction of sp³-hybridized carbons (Fsp3) is 0.625. The van der Waals surface area contributed by atoms with E-state index in [-0.39, 0.29) is 0 Å². The maximum atomic E-state index is 6.14. The molecule has 1 aromatic carbocycles. The molecule has 0 amide bonds. The fourth-order valence-corrected chi connectivity index (χ4v) is 5.08. The van der Waals surface area contributed by atoms with Crippen LogP contribution in [0.4, 0.5) is 0 Å². The molecule has 0 saturated carbocycles. The van der Waals surface area contributed by atoms with E-state index in [1.807, 2.05) is 12.1 Å². The van der Waals surface area contributed by atoms with Crippen LogP contribution in [-0.2, 0) is 8.85 Å². The Balaban J connectivity index is 2.87. The lowest BCUT2D eigenvalue weighted by atomic mass is 10.1. The zero-order valence-electron chi connectivity index (χ0n) is 12.9. The van der Waals surface area contributed by atoms with E-state index in [0.29, 0.717) is 5.54 Å². The molecule has 0 bridgehead atoms. The second kappa shape index (κ2) is 10.4. The highest BCUT2D eigenvalue weighted by Crippen LogP contribution is 2.27. The first-order chi connectivity index (χ1) is 9.72. The SMILES string of the molecule is CCCO[SiH](OCCC)C(CCC)c1cccc(Cl)c1. The van der Waals surface area contributed by atoms with Crippen molar-refractivity contribution in [1.82, 2.24) is 0 Å². The highest BCUT2D eigenvalue weighted by Gasteiger charge is 2.27. The molecular formula is C16H27ClO2Si. The summed E-state index contributed by atoms with van der Waals surface area (Å²) >= 11 is 6.14. The zero-order chi connectivity index (χ0) is 14.8. The Labute approximate surface area is 130 Å². The molecule has 0 heterocycles. The van der Waals surface area contributed by atoms with Gasteiger partial charge in [-0.1, -0.05) is 50.9 Å². The van der Waals surface area contributed by atoms with Gasteiger partial charge in [0.15, 0.2) is 0 Å². The van der Waals surface area contributed by atoms with Crippen LogP contribution in [0.15, 0.2) is 24.3 Å². The number of hydrogen-bond acceptors (Lipinski definition) is 2. The topological polar surface area (TPSA) is 18.5 Å². The number of hydrogen-bond donors (Lipinski definition) is 0. The molecular weight excluding hydrogens is 288 g/mol. The first-order valence-corrected chi connectivity index (χ1v) is 9.70. The number of benzene rings is 1. The van der Waals surface area contributed by atoms with Crippen molar-refractivity contribution < 1.29 is 8.85 Å². The first-order valence-electron chi connectivity index (χ1n) is 7.71. The predicted molar refractivity (Wildman–Crippen MR) is 88.7 cm³/mol. The van der Waals surface area contributed by atoms with Gasteiger partial charge in [-0.25, -0.2) is 0 Å². The molecule has 1 unspecified atom stereocenters. The van der Waals surface area contributed by atoms with E-state index in [1.165, 1.54) is 5.56 Å². The third-order valence-corrected chi connectivity index (χ3v) is 5.92. The Morgan fingerprint density at radius 2 is 1.70 bits per heavy atom. The summed E-state index contributed by atoms with van der Waals surface area (Å²) in [5, 5.41) is 0.794. The Bertz CT molecular complexity index is 365. The first kappa shape index (κ1) is 17.7. The van der Waals surface area contributed by atoms with Crippen LogP contribution in [0.3, 0.4) is 0 Å². The minimum absolute atomic E-state index is 0.386. The van der Waals surface area contributed by atoms with Crippen LogP contribution in [0.1, 0.15) is 57.6 Å². The average Bonchev–Trinajstić information content (AvgIpc) is 2.45. The zero-order valence-corrected chi connectivity index (χ0v) is 14.8. The minimum Gasteiger partial charge on any atom is -0.396 e. The molecule has 0 saturated heterocycles. The third kappa shape index (κ3) is 5.96. The lowest BCUT2D eigenvalue weighted by molar-refractivity contribution is 0.187. The lowest BCUT2D eigenvalue weighted by Gasteiger charge is -2.25. The highest BCUT2D eigenvalue weighted by molar-refractivity contribution is 6.46. The molecule has 0 spiro atoms. The maximum Gasteiger partial charge on any atom is 0.329 e. The fourth-order valence-electron chi connectivity index (χ4n) is 2.26. The molecule has 1 atom stereocenters. The second-order valence-corrected chi connectivity index (χ2v) is 7.70. The molecule has 0 aliphatic carbocycles. The van der Waals surface area contributed by atoms with Gasteiger partial charge in [-0.05, 0) is 37.0 Å². The summed E-state index contributed by atoms with van der Waals surface area (Å²) in [6.07, 6.45) is 4.30. The summed E-state index contributed by atoms with van der Waals surface area (Å²) in [5.74, 6) is 0. The molecule has 0 radical (unpaired) electrons. The predicted octanol–water partition coefficient (Wildman–Crippen LogP) is 4.84. The van der Waals surface area contributed by atoms with Crippen molar-refractivity contribution in [2.45, 2.75) is 52.0 Å². The monoisotopic (exact) mass is 314 g/mol. The van der Waals surface area contributed by atoms with Crippen LogP contribution in [-0.4, -0.2) is 22.5 Å². The Kier molecular flexibility index (Phi) is 9.19.